The summed E-state index contributed by atoms with van der Waals surface area (Å²) in [5, 5.41) is 22.7. The zero-order valence-electron chi connectivity index (χ0n) is 23.8. The van der Waals surface area contributed by atoms with Gasteiger partial charge in [-0.25, -0.2) is 0 Å². The van der Waals surface area contributed by atoms with Crippen molar-refractivity contribution in [3.63, 3.8) is 0 Å². The van der Waals surface area contributed by atoms with Crippen molar-refractivity contribution in [1.29, 1.82) is 0 Å². The van der Waals surface area contributed by atoms with Crippen molar-refractivity contribution in [3.05, 3.63) is 36.5 Å². The first kappa shape index (κ1) is 34.6. The predicted octanol–water partition coefficient (Wildman–Crippen LogP) is 8.33. The van der Waals surface area contributed by atoms with Gasteiger partial charge >= 0.3 is 0 Å². The van der Waals surface area contributed by atoms with Crippen molar-refractivity contribution in [2.75, 3.05) is 6.61 Å². The first-order valence-electron chi connectivity index (χ1n) is 15.2. The quantitative estimate of drug-likeness (QED) is 0.0817. The highest BCUT2D eigenvalue weighted by molar-refractivity contribution is 5.76. The molecule has 0 aliphatic carbocycles. The van der Waals surface area contributed by atoms with Crippen molar-refractivity contribution < 1.29 is 15.0 Å². The summed E-state index contributed by atoms with van der Waals surface area (Å²) in [6.07, 6.45) is 35.0. The van der Waals surface area contributed by atoms with Gasteiger partial charge in [-0.1, -0.05) is 115 Å². The number of carbonyl (C=O) groups is 1. The fourth-order valence-corrected chi connectivity index (χ4v) is 4.18. The molecule has 0 aliphatic rings. The largest absolute Gasteiger partial charge is 0.394 e. The first-order chi connectivity index (χ1) is 17.7. The van der Waals surface area contributed by atoms with Crippen molar-refractivity contribution in [2.24, 2.45) is 0 Å². The van der Waals surface area contributed by atoms with E-state index in [9.17, 15) is 15.0 Å². The van der Waals surface area contributed by atoms with Gasteiger partial charge in [0.15, 0.2) is 0 Å². The van der Waals surface area contributed by atoms with Gasteiger partial charge in [0.25, 0.3) is 0 Å². The molecule has 0 heterocycles. The van der Waals surface area contributed by atoms with Gasteiger partial charge in [0.1, 0.15) is 0 Å². The number of aliphatic hydroxyl groups excluding tert-OH is 2. The summed E-state index contributed by atoms with van der Waals surface area (Å²) in [5.74, 6) is -0.0954. The number of carbonyl (C=O) groups excluding carboxylic acids is 1. The van der Waals surface area contributed by atoms with Crippen LogP contribution in [0.3, 0.4) is 0 Å². The number of nitrogens with one attached hydrogen (secondary N) is 1. The van der Waals surface area contributed by atoms with Gasteiger partial charge in [-0.2, -0.15) is 0 Å². The molecule has 210 valence electrons. The van der Waals surface area contributed by atoms with Crippen LogP contribution in [0.5, 0.6) is 0 Å². The lowest BCUT2D eigenvalue weighted by atomic mass is 10.1. The molecule has 0 spiro atoms. The monoisotopic (exact) mass is 505 g/mol. The van der Waals surface area contributed by atoms with E-state index in [2.05, 4.69) is 43.5 Å². The smallest absolute Gasteiger partial charge is 0.220 e. The van der Waals surface area contributed by atoms with E-state index in [0.717, 1.165) is 44.9 Å². The maximum Gasteiger partial charge on any atom is 0.220 e. The molecule has 0 bridgehead atoms. The summed E-state index contributed by atoms with van der Waals surface area (Å²) in [5.41, 5.74) is 0. The van der Waals surface area contributed by atoms with Crippen molar-refractivity contribution in [2.45, 2.75) is 154 Å². The van der Waals surface area contributed by atoms with E-state index in [4.69, 9.17) is 0 Å². The van der Waals surface area contributed by atoms with Crippen LogP contribution in [-0.4, -0.2) is 34.9 Å². The van der Waals surface area contributed by atoms with Crippen LogP contribution < -0.4 is 5.32 Å². The molecule has 1 amide bonds. The molecular weight excluding hydrogens is 446 g/mol. The molecule has 2 atom stereocenters. The lowest BCUT2D eigenvalue weighted by Crippen LogP contribution is -2.45. The van der Waals surface area contributed by atoms with E-state index in [0.29, 0.717) is 6.42 Å². The minimum absolute atomic E-state index is 0.0954. The van der Waals surface area contributed by atoms with E-state index >= 15 is 0 Å². The summed E-state index contributed by atoms with van der Waals surface area (Å²) >= 11 is 0. The fraction of sp³-hybridized carbons (Fsp3) is 0.781. The molecule has 3 N–H and O–H groups in total. The van der Waals surface area contributed by atoms with Crippen LogP contribution in [0.15, 0.2) is 36.5 Å². The molecule has 0 radical (unpaired) electrons. The molecule has 0 saturated carbocycles. The highest BCUT2D eigenvalue weighted by Gasteiger charge is 2.17. The number of amides is 1. The number of allylic oxidation sites excluding steroid dienone is 5. The van der Waals surface area contributed by atoms with Crippen molar-refractivity contribution >= 4 is 5.91 Å². The molecule has 36 heavy (non-hydrogen) atoms. The molecule has 0 saturated heterocycles. The normalized spacial score (nSPS) is 13.8. The number of hydrogen-bond acceptors (Lipinski definition) is 3. The summed E-state index contributed by atoms with van der Waals surface area (Å²) in [6, 6.07) is -0.641. The number of hydrogen-bond donors (Lipinski definition) is 3. The van der Waals surface area contributed by atoms with Crippen LogP contribution in [0, 0.1) is 0 Å². The van der Waals surface area contributed by atoms with E-state index in [1.54, 1.807) is 6.08 Å². The Labute approximate surface area is 223 Å². The molecule has 0 aliphatic heterocycles. The second kappa shape index (κ2) is 28.2. The van der Waals surface area contributed by atoms with Crippen molar-refractivity contribution in [3.8, 4) is 0 Å². The van der Waals surface area contributed by atoms with Crippen LogP contribution >= 0.6 is 0 Å². The maximum absolute atomic E-state index is 12.2. The Hall–Kier alpha value is -1.39. The molecule has 2 unspecified atom stereocenters. The third kappa shape index (κ3) is 24.3. The molecule has 0 fully saturated rings. The second-order valence-electron chi connectivity index (χ2n) is 10.2. The third-order valence-electron chi connectivity index (χ3n) is 6.60. The summed E-state index contributed by atoms with van der Waals surface area (Å²) in [7, 11) is 0. The third-order valence-corrected chi connectivity index (χ3v) is 6.60. The van der Waals surface area contributed by atoms with Gasteiger partial charge < -0.3 is 15.5 Å². The topological polar surface area (TPSA) is 69.6 Å². The maximum atomic E-state index is 12.2. The molecular formula is C32H59NO3. The van der Waals surface area contributed by atoms with Gasteiger partial charge in [-0.3, -0.25) is 4.79 Å². The molecule has 4 heteroatoms. The van der Waals surface area contributed by atoms with Gasteiger partial charge in [-0.05, 0) is 57.8 Å². The molecule has 4 nitrogen and oxygen atoms in total. The van der Waals surface area contributed by atoms with E-state index in [1.807, 2.05) is 6.08 Å². The second-order valence-corrected chi connectivity index (χ2v) is 10.2. The fourth-order valence-electron chi connectivity index (χ4n) is 4.18. The summed E-state index contributed by atoms with van der Waals surface area (Å²) < 4.78 is 0. The number of unbranched alkanes of at least 4 members (excludes halogenated alkanes) is 15. The van der Waals surface area contributed by atoms with Gasteiger partial charge in [-0.15, -0.1) is 0 Å². The Kier molecular flexibility index (Phi) is 27.1. The van der Waals surface area contributed by atoms with E-state index in [1.165, 1.54) is 77.0 Å². The summed E-state index contributed by atoms with van der Waals surface area (Å²) in [4.78, 5) is 12.2. The first-order valence-corrected chi connectivity index (χ1v) is 15.2. The number of rotatable bonds is 26. The standard InChI is InChI=1S/C32H59NO3/c1-3-5-7-9-11-13-15-16-18-20-22-24-26-28-32(36)33-30(29-34)31(35)27-25-23-21-19-17-14-12-10-8-6-4-2/h16-19,25,27,30-31,34-35H,3-15,20-24,26,28-29H2,1-2H3,(H,33,36)/b18-16-,19-17+,27-25+. The molecule has 0 rings (SSSR count). The Morgan fingerprint density at radius 2 is 1.08 bits per heavy atom. The van der Waals surface area contributed by atoms with E-state index in [-0.39, 0.29) is 12.5 Å². The van der Waals surface area contributed by atoms with Crippen LogP contribution in [0.25, 0.3) is 0 Å². The van der Waals surface area contributed by atoms with Gasteiger partial charge in [0.2, 0.25) is 5.91 Å². The minimum atomic E-state index is -0.863. The number of aliphatic hydroxyl groups is 2. The average Bonchev–Trinajstić information content (AvgIpc) is 2.88. The Morgan fingerprint density at radius 1 is 0.639 bits per heavy atom. The zero-order chi connectivity index (χ0) is 26.5. The lowest BCUT2D eigenvalue weighted by molar-refractivity contribution is -0.123. The van der Waals surface area contributed by atoms with E-state index < -0.39 is 12.1 Å². The van der Waals surface area contributed by atoms with Gasteiger partial charge in [0.05, 0.1) is 18.8 Å². The highest BCUT2D eigenvalue weighted by atomic mass is 16.3. The minimum Gasteiger partial charge on any atom is -0.394 e. The van der Waals surface area contributed by atoms with Crippen LogP contribution in [0.1, 0.15) is 142 Å². The average molecular weight is 506 g/mol. The SMILES string of the molecule is CCCCCCC/C=C/CC/C=C/C(O)C(CO)NC(=O)CCCCC/C=C\CCCCCCCC. The van der Waals surface area contributed by atoms with Crippen LogP contribution in [0.2, 0.25) is 0 Å². The Balaban J connectivity index is 3.78. The van der Waals surface area contributed by atoms with Crippen LogP contribution in [-0.2, 0) is 4.79 Å². The lowest BCUT2D eigenvalue weighted by Gasteiger charge is -2.19. The predicted molar refractivity (Wildman–Crippen MR) is 156 cm³/mol. The van der Waals surface area contributed by atoms with Gasteiger partial charge in [0, 0.05) is 6.42 Å². The highest BCUT2D eigenvalue weighted by Crippen LogP contribution is 2.09. The van der Waals surface area contributed by atoms with Crippen LogP contribution in [0.4, 0.5) is 0 Å². The Morgan fingerprint density at radius 3 is 1.61 bits per heavy atom. The Bertz CT molecular complexity index is 556. The zero-order valence-corrected chi connectivity index (χ0v) is 23.8. The molecule has 0 aromatic heterocycles. The van der Waals surface area contributed by atoms with Crippen molar-refractivity contribution in [1.82, 2.24) is 5.32 Å². The summed E-state index contributed by atoms with van der Waals surface area (Å²) in [6.45, 7) is 4.22. The molecule has 0 aromatic carbocycles. The molecule has 0 aromatic rings.